The van der Waals surface area contributed by atoms with E-state index in [1.165, 1.54) is 0 Å². The van der Waals surface area contributed by atoms with Gasteiger partial charge in [-0.05, 0) is 41.8 Å². The van der Waals surface area contributed by atoms with E-state index in [9.17, 15) is 9.90 Å². The molecule has 4 nitrogen and oxygen atoms in total. The highest BCUT2D eigenvalue weighted by Crippen LogP contribution is 2.34. The van der Waals surface area contributed by atoms with Crippen molar-refractivity contribution in [2.24, 2.45) is 0 Å². The minimum Gasteiger partial charge on any atom is -0.492 e. The molecule has 1 heterocycles. The molecule has 4 rings (SSSR count). The lowest BCUT2D eigenvalue weighted by Crippen LogP contribution is -2.02. The number of aromatic nitrogens is 1. The number of fused-ring (bicyclic) bond motifs is 1. The molecule has 3 aromatic carbocycles. The number of benzene rings is 3. The van der Waals surface area contributed by atoms with E-state index < -0.39 is 5.97 Å². The standard InChI is InChI=1S/C24H19Cl2NO3/c1-14-5-2-3-6-16(14)17-10-9-15(18-13-20(24(28)29)27-23(17)18)11-12-30-21-8-4-7-19(25)22(21)26/h2-10,13,27H,11-12H2,1H3,(H,28,29). The Bertz CT molecular complexity index is 1250. The van der Waals surface area contributed by atoms with Crippen molar-refractivity contribution in [3.8, 4) is 16.9 Å². The zero-order chi connectivity index (χ0) is 21.3. The first-order chi connectivity index (χ1) is 14.5. The van der Waals surface area contributed by atoms with Gasteiger partial charge in [0.2, 0.25) is 0 Å². The number of nitrogens with one attached hydrogen (secondary N) is 1. The third kappa shape index (κ3) is 3.89. The van der Waals surface area contributed by atoms with Crippen LogP contribution in [-0.4, -0.2) is 22.7 Å². The SMILES string of the molecule is Cc1ccccc1-c1ccc(CCOc2cccc(Cl)c2Cl)c2cc(C(=O)O)[nH]c12. The highest BCUT2D eigenvalue weighted by molar-refractivity contribution is 6.42. The summed E-state index contributed by atoms with van der Waals surface area (Å²) in [5.41, 5.74) is 5.11. The van der Waals surface area contributed by atoms with Gasteiger partial charge >= 0.3 is 5.97 Å². The first kappa shape index (κ1) is 20.3. The number of carbonyl (C=O) groups is 1. The van der Waals surface area contributed by atoms with Crippen LogP contribution in [0.1, 0.15) is 21.6 Å². The minimum absolute atomic E-state index is 0.158. The summed E-state index contributed by atoms with van der Waals surface area (Å²) in [4.78, 5) is 14.7. The van der Waals surface area contributed by atoms with Gasteiger partial charge in [0.15, 0.2) is 0 Å². The van der Waals surface area contributed by atoms with Gasteiger partial charge in [-0.25, -0.2) is 4.79 Å². The summed E-state index contributed by atoms with van der Waals surface area (Å²) in [6.45, 7) is 2.42. The topological polar surface area (TPSA) is 62.3 Å². The molecule has 152 valence electrons. The van der Waals surface area contributed by atoms with Crippen molar-refractivity contribution >= 4 is 40.1 Å². The molecule has 2 N–H and O–H groups in total. The van der Waals surface area contributed by atoms with Crippen LogP contribution in [0, 0.1) is 6.92 Å². The van der Waals surface area contributed by atoms with E-state index >= 15 is 0 Å². The predicted octanol–water partition coefficient (Wildman–Crippen LogP) is 6.77. The second-order valence-corrected chi connectivity index (χ2v) is 7.80. The molecule has 0 bridgehead atoms. The number of H-pyrrole nitrogens is 1. The fourth-order valence-electron chi connectivity index (χ4n) is 3.58. The number of rotatable bonds is 6. The zero-order valence-electron chi connectivity index (χ0n) is 16.2. The number of aromatic amines is 1. The van der Waals surface area contributed by atoms with Gasteiger partial charge in [-0.15, -0.1) is 0 Å². The van der Waals surface area contributed by atoms with Crippen LogP contribution < -0.4 is 4.74 Å². The minimum atomic E-state index is -0.991. The van der Waals surface area contributed by atoms with Gasteiger partial charge in [0.25, 0.3) is 0 Å². The van der Waals surface area contributed by atoms with Crippen LogP contribution in [0.15, 0.2) is 60.7 Å². The summed E-state index contributed by atoms with van der Waals surface area (Å²) in [7, 11) is 0. The maximum atomic E-state index is 11.6. The van der Waals surface area contributed by atoms with Gasteiger partial charge in [-0.2, -0.15) is 0 Å². The van der Waals surface area contributed by atoms with Crippen LogP contribution in [0.5, 0.6) is 5.75 Å². The molecule has 0 saturated carbocycles. The van der Waals surface area contributed by atoms with Gasteiger partial charge in [0, 0.05) is 17.4 Å². The van der Waals surface area contributed by atoms with E-state index in [4.69, 9.17) is 27.9 Å². The number of carboxylic acids is 1. The normalized spacial score (nSPS) is 11.0. The predicted molar refractivity (Wildman–Crippen MR) is 121 cm³/mol. The second-order valence-electron chi connectivity index (χ2n) is 7.01. The summed E-state index contributed by atoms with van der Waals surface area (Å²) in [6, 6.07) is 19.0. The van der Waals surface area contributed by atoms with Crippen molar-refractivity contribution in [2.75, 3.05) is 6.61 Å². The molecule has 4 aromatic rings. The average molecular weight is 440 g/mol. The first-order valence-electron chi connectivity index (χ1n) is 9.46. The molecule has 1 aromatic heterocycles. The summed E-state index contributed by atoms with van der Waals surface area (Å²) in [5, 5.41) is 11.2. The van der Waals surface area contributed by atoms with Crippen molar-refractivity contribution < 1.29 is 14.6 Å². The van der Waals surface area contributed by atoms with Crippen molar-refractivity contribution in [3.05, 3.63) is 87.5 Å². The average Bonchev–Trinajstić information content (AvgIpc) is 3.18. The van der Waals surface area contributed by atoms with E-state index in [2.05, 4.69) is 4.98 Å². The monoisotopic (exact) mass is 439 g/mol. The van der Waals surface area contributed by atoms with Gasteiger partial charge in [-0.3, -0.25) is 0 Å². The molecule has 0 saturated heterocycles. The molecule has 0 aliphatic carbocycles. The number of halogens is 2. The second kappa shape index (κ2) is 8.42. The molecular weight excluding hydrogens is 421 g/mol. The third-order valence-electron chi connectivity index (χ3n) is 5.09. The Morgan fingerprint density at radius 3 is 2.60 bits per heavy atom. The summed E-state index contributed by atoms with van der Waals surface area (Å²) >= 11 is 12.2. The first-order valence-corrected chi connectivity index (χ1v) is 10.2. The van der Waals surface area contributed by atoms with Gasteiger partial charge < -0.3 is 14.8 Å². The number of aryl methyl sites for hydroxylation is 1. The maximum Gasteiger partial charge on any atom is 0.352 e. The largest absolute Gasteiger partial charge is 0.492 e. The summed E-state index contributed by atoms with van der Waals surface area (Å²) in [6.07, 6.45) is 0.588. The fraction of sp³-hybridized carbons (Fsp3) is 0.125. The molecule has 0 atom stereocenters. The Morgan fingerprint density at radius 2 is 1.83 bits per heavy atom. The van der Waals surface area contributed by atoms with Crippen molar-refractivity contribution in [3.63, 3.8) is 0 Å². The molecule has 0 aliphatic heterocycles. The molecule has 6 heteroatoms. The molecule has 0 radical (unpaired) electrons. The lowest BCUT2D eigenvalue weighted by molar-refractivity contribution is 0.0691. The number of ether oxygens (including phenoxy) is 1. The molecular formula is C24H19Cl2NO3. The van der Waals surface area contributed by atoms with E-state index in [0.717, 1.165) is 33.2 Å². The van der Waals surface area contributed by atoms with Crippen LogP contribution in [0.2, 0.25) is 10.0 Å². The third-order valence-corrected chi connectivity index (χ3v) is 5.90. The number of hydrogen-bond donors (Lipinski definition) is 2. The molecule has 0 amide bonds. The lowest BCUT2D eigenvalue weighted by Gasteiger charge is -2.12. The van der Waals surface area contributed by atoms with Gasteiger partial charge in [-0.1, -0.05) is 65.7 Å². The molecule has 0 spiro atoms. The van der Waals surface area contributed by atoms with Crippen LogP contribution in [0.4, 0.5) is 0 Å². The van der Waals surface area contributed by atoms with Crippen LogP contribution in [-0.2, 0) is 6.42 Å². The van der Waals surface area contributed by atoms with E-state index in [1.807, 2.05) is 43.3 Å². The summed E-state index contributed by atoms with van der Waals surface area (Å²) in [5.74, 6) is -0.466. The van der Waals surface area contributed by atoms with E-state index in [0.29, 0.717) is 28.8 Å². The fourth-order valence-corrected chi connectivity index (χ4v) is 3.92. The van der Waals surface area contributed by atoms with Gasteiger partial charge in [0.05, 0.1) is 17.1 Å². The molecule has 0 aliphatic rings. The molecule has 0 unspecified atom stereocenters. The van der Waals surface area contributed by atoms with Crippen molar-refractivity contribution in [2.45, 2.75) is 13.3 Å². The molecule has 0 fully saturated rings. The number of carboxylic acid groups (broad SMARTS) is 1. The smallest absolute Gasteiger partial charge is 0.352 e. The molecule has 30 heavy (non-hydrogen) atoms. The maximum absolute atomic E-state index is 11.6. The van der Waals surface area contributed by atoms with Crippen LogP contribution >= 0.6 is 23.2 Å². The van der Waals surface area contributed by atoms with E-state index in [-0.39, 0.29) is 5.69 Å². The highest BCUT2D eigenvalue weighted by Gasteiger charge is 2.16. The van der Waals surface area contributed by atoms with E-state index in [1.54, 1.807) is 24.3 Å². The quantitative estimate of drug-likeness (QED) is 0.348. The lowest BCUT2D eigenvalue weighted by atomic mass is 9.96. The van der Waals surface area contributed by atoms with Crippen molar-refractivity contribution in [1.29, 1.82) is 0 Å². The van der Waals surface area contributed by atoms with Crippen LogP contribution in [0.3, 0.4) is 0 Å². The number of hydrogen-bond acceptors (Lipinski definition) is 2. The zero-order valence-corrected chi connectivity index (χ0v) is 17.7. The Balaban J connectivity index is 1.69. The Morgan fingerprint density at radius 1 is 1.03 bits per heavy atom. The Kier molecular flexibility index (Phi) is 5.71. The Hall–Kier alpha value is -2.95. The summed E-state index contributed by atoms with van der Waals surface area (Å²) < 4.78 is 5.82. The number of aromatic carboxylic acids is 1. The van der Waals surface area contributed by atoms with Crippen molar-refractivity contribution in [1.82, 2.24) is 4.98 Å². The highest BCUT2D eigenvalue weighted by atomic mass is 35.5. The van der Waals surface area contributed by atoms with Gasteiger partial charge in [0.1, 0.15) is 16.5 Å². The van der Waals surface area contributed by atoms with Crippen LogP contribution in [0.25, 0.3) is 22.0 Å². The Labute approximate surface area is 184 Å².